The second-order valence-electron chi connectivity index (χ2n) is 4.20. The zero-order chi connectivity index (χ0) is 10.1. The van der Waals surface area contributed by atoms with E-state index in [1.807, 2.05) is 0 Å². The topological polar surface area (TPSA) is 40.7 Å². The molecule has 0 aliphatic carbocycles. The molecule has 1 aromatic heterocycles. The van der Waals surface area contributed by atoms with Gasteiger partial charge >= 0.3 is 0 Å². The number of imidazole rings is 1. The van der Waals surface area contributed by atoms with Crippen LogP contribution in [-0.2, 0) is 0 Å². The molecule has 0 radical (unpaired) electrons. The van der Waals surface area contributed by atoms with Gasteiger partial charge in [-0.15, -0.1) is 36.4 Å². The van der Waals surface area contributed by atoms with Crippen molar-refractivity contribution in [2.45, 2.75) is 18.8 Å². The molecule has 1 aromatic carbocycles. The van der Waals surface area contributed by atoms with Crippen LogP contribution >= 0.6 is 36.4 Å². The minimum Gasteiger partial charge on any atom is -0.345 e. The van der Waals surface area contributed by atoms with Gasteiger partial charge in [0.2, 0.25) is 0 Å². The Balaban J connectivity index is 0.000000722. The molecule has 1 saturated heterocycles. The Hall–Kier alpha value is -0.330. The summed E-state index contributed by atoms with van der Waals surface area (Å²) < 4.78 is 0. The highest BCUT2D eigenvalue weighted by molar-refractivity contribution is 14.0. The van der Waals surface area contributed by atoms with Gasteiger partial charge in [0.25, 0.3) is 0 Å². The Morgan fingerprint density at radius 3 is 2.71 bits per heavy atom. The normalized spacial score (nSPS) is 16.2. The minimum absolute atomic E-state index is 0. The highest BCUT2D eigenvalue weighted by Crippen LogP contribution is 2.26. The lowest BCUT2D eigenvalue weighted by molar-refractivity contribution is 0.460. The van der Waals surface area contributed by atoms with Crippen molar-refractivity contribution in [3.63, 3.8) is 0 Å². The van der Waals surface area contributed by atoms with Gasteiger partial charge in [-0.25, -0.2) is 4.98 Å². The Morgan fingerprint density at radius 2 is 1.94 bits per heavy atom. The maximum absolute atomic E-state index is 4.24. The van der Waals surface area contributed by atoms with E-state index in [0.717, 1.165) is 30.0 Å². The number of aromatic amines is 1. The van der Waals surface area contributed by atoms with Crippen LogP contribution in [0.1, 0.15) is 24.3 Å². The second kappa shape index (κ2) is 6.56. The number of hydrogen-bond acceptors (Lipinski definition) is 2. The number of aromatic nitrogens is 2. The zero-order valence-electron chi connectivity index (χ0n) is 9.48. The molecule has 0 atom stereocenters. The van der Waals surface area contributed by atoms with Crippen molar-refractivity contribution >= 4 is 47.4 Å². The summed E-state index contributed by atoms with van der Waals surface area (Å²) >= 11 is 0. The summed E-state index contributed by atoms with van der Waals surface area (Å²) in [6.45, 7) is 2.29. The van der Waals surface area contributed by atoms with Crippen LogP contribution in [0.4, 0.5) is 0 Å². The first-order chi connectivity index (χ1) is 7.43. The molecular weight excluding hydrogens is 349 g/mol. The number of rotatable bonds is 1. The van der Waals surface area contributed by atoms with Crippen molar-refractivity contribution in [1.82, 2.24) is 15.3 Å². The van der Waals surface area contributed by atoms with Gasteiger partial charge in [0.15, 0.2) is 0 Å². The number of nitrogens with zero attached hydrogens (tertiary/aromatic N) is 1. The summed E-state index contributed by atoms with van der Waals surface area (Å²) in [5.74, 6) is 0.721. The van der Waals surface area contributed by atoms with E-state index in [4.69, 9.17) is 0 Å². The minimum atomic E-state index is 0. The van der Waals surface area contributed by atoms with Gasteiger partial charge in [-0.3, -0.25) is 0 Å². The third-order valence-corrected chi connectivity index (χ3v) is 3.25. The second-order valence-corrected chi connectivity index (χ2v) is 4.20. The fraction of sp³-hybridized carbons (Fsp3) is 0.417. The summed E-state index contributed by atoms with van der Waals surface area (Å²) in [5, 5.41) is 3.40. The number of hydrogen-bond donors (Lipinski definition) is 2. The number of nitrogens with one attached hydrogen (secondary N) is 2. The highest BCUT2D eigenvalue weighted by Gasteiger charge is 2.15. The van der Waals surface area contributed by atoms with Crippen molar-refractivity contribution < 1.29 is 0 Å². The Bertz CT molecular complexity index is 465. The lowest BCUT2D eigenvalue weighted by Crippen LogP contribution is -2.26. The summed E-state index contributed by atoms with van der Waals surface area (Å²) in [6.07, 6.45) is 4.26. The van der Waals surface area contributed by atoms with Gasteiger partial charge in [0.1, 0.15) is 0 Å². The van der Waals surface area contributed by atoms with Gasteiger partial charge in [0, 0.05) is 0 Å². The van der Waals surface area contributed by atoms with Crippen molar-refractivity contribution in [3.05, 3.63) is 30.1 Å². The molecule has 94 valence electrons. The third-order valence-electron chi connectivity index (χ3n) is 3.25. The largest absolute Gasteiger partial charge is 0.345 e. The Morgan fingerprint density at radius 1 is 1.18 bits per heavy atom. The Labute approximate surface area is 124 Å². The summed E-state index contributed by atoms with van der Waals surface area (Å²) in [5.41, 5.74) is 3.67. The fourth-order valence-electron chi connectivity index (χ4n) is 2.36. The Kier molecular flexibility index (Phi) is 5.69. The quantitative estimate of drug-likeness (QED) is 0.763. The summed E-state index contributed by atoms with van der Waals surface area (Å²) in [6, 6.07) is 6.58. The standard InChI is InChI=1S/C12H15N3.ClH.HI/c1-2-11-12(15-8-14-11)7-10(1)9-3-5-13-6-4-9;;/h1-2,7-9,13H,3-6H2,(H,14,15);2*1H. The van der Waals surface area contributed by atoms with Crippen molar-refractivity contribution in [2.24, 2.45) is 0 Å². The molecule has 5 heteroatoms. The molecule has 1 aliphatic heterocycles. The molecule has 2 N–H and O–H groups in total. The lowest BCUT2D eigenvalue weighted by atomic mass is 9.90. The van der Waals surface area contributed by atoms with Crippen LogP contribution in [0.2, 0.25) is 0 Å². The van der Waals surface area contributed by atoms with Crippen LogP contribution in [0, 0.1) is 0 Å². The lowest BCUT2D eigenvalue weighted by Gasteiger charge is -2.22. The van der Waals surface area contributed by atoms with Crippen LogP contribution in [0.25, 0.3) is 11.0 Å². The monoisotopic (exact) mass is 365 g/mol. The van der Waals surface area contributed by atoms with E-state index in [2.05, 4.69) is 33.5 Å². The first kappa shape index (κ1) is 14.7. The van der Waals surface area contributed by atoms with Crippen LogP contribution in [0.3, 0.4) is 0 Å². The van der Waals surface area contributed by atoms with E-state index >= 15 is 0 Å². The van der Waals surface area contributed by atoms with Gasteiger partial charge < -0.3 is 10.3 Å². The van der Waals surface area contributed by atoms with E-state index in [9.17, 15) is 0 Å². The number of H-pyrrole nitrogens is 1. The van der Waals surface area contributed by atoms with Crippen LogP contribution in [0.15, 0.2) is 24.5 Å². The van der Waals surface area contributed by atoms with Crippen LogP contribution in [0.5, 0.6) is 0 Å². The van der Waals surface area contributed by atoms with E-state index in [1.165, 1.54) is 18.4 Å². The van der Waals surface area contributed by atoms with Crippen LogP contribution < -0.4 is 5.32 Å². The number of fused-ring (bicyclic) bond motifs is 1. The smallest absolute Gasteiger partial charge is 0.0931 e. The molecule has 2 aromatic rings. The molecule has 0 spiro atoms. The number of halogens is 2. The van der Waals surface area contributed by atoms with E-state index in [1.54, 1.807) is 6.33 Å². The van der Waals surface area contributed by atoms with E-state index < -0.39 is 0 Å². The molecule has 3 nitrogen and oxygen atoms in total. The van der Waals surface area contributed by atoms with Gasteiger partial charge in [-0.2, -0.15) is 0 Å². The summed E-state index contributed by atoms with van der Waals surface area (Å²) in [7, 11) is 0. The fourth-order valence-corrected chi connectivity index (χ4v) is 2.36. The zero-order valence-corrected chi connectivity index (χ0v) is 12.6. The molecule has 3 rings (SSSR count). The molecule has 1 fully saturated rings. The van der Waals surface area contributed by atoms with Gasteiger partial charge in [-0.1, -0.05) is 6.07 Å². The van der Waals surface area contributed by atoms with Crippen molar-refractivity contribution in [2.75, 3.05) is 13.1 Å². The first-order valence-corrected chi connectivity index (χ1v) is 5.57. The molecule has 0 bridgehead atoms. The predicted octanol–water partition coefficient (Wildman–Crippen LogP) is 3.07. The molecular formula is C12H17ClIN3. The first-order valence-electron chi connectivity index (χ1n) is 5.57. The average Bonchev–Trinajstić information content (AvgIpc) is 2.77. The molecule has 0 saturated carbocycles. The van der Waals surface area contributed by atoms with Crippen molar-refractivity contribution in [3.8, 4) is 0 Å². The SMILES string of the molecule is Cl.I.c1nc2ccc(C3CCNCC3)cc2[nH]1. The van der Waals surface area contributed by atoms with Gasteiger partial charge in [0.05, 0.1) is 17.4 Å². The van der Waals surface area contributed by atoms with E-state index in [0.29, 0.717) is 0 Å². The van der Waals surface area contributed by atoms with Crippen LogP contribution in [-0.4, -0.2) is 23.1 Å². The molecule has 1 aliphatic rings. The van der Waals surface area contributed by atoms with Crippen molar-refractivity contribution in [1.29, 1.82) is 0 Å². The predicted molar refractivity (Wildman–Crippen MR) is 83.6 cm³/mol. The number of piperidine rings is 1. The van der Waals surface area contributed by atoms with E-state index in [-0.39, 0.29) is 36.4 Å². The van der Waals surface area contributed by atoms with Gasteiger partial charge in [-0.05, 0) is 49.5 Å². The molecule has 2 heterocycles. The summed E-state index contributed by atoms with van der Waals surface area (Å²) in [4.78, 5) is 7.41. The molecule has 0 unspecified atom stereocenters. The average molecular weight is 366 g/mol. The molecule has 0 amide bonds. The maximum Gasteiger partial charge on any atom is 0.0931 e. The maximum atomic E-state index is 4.24. The number of benzene rings is 1. The third kappa shape index (κ3) is 3.11. The highest BCUT2D eigenvalue weighted by atomic mass is 127. The molecule has 17 heavy (non-hydrogen) atoms.